The fourth-order valence-corrected chi connectivity index (χ4v) is 1.91. The van der Waals surface area contributed by atoms with Crippen molar-refractivity contribution in [3.8, 4) is 0 Å². The standard InChI is InChI=1S/C8H17NS/c1-7(10)5-8-3-2-4-9-6-8/h7-10H,2-6H2,1H3/t7?,8-/m1/s1. The molecule has 2 heteroatoms. The van der Waals surface area contributed by atoms with Gasteiger partial charge in [0.15, 0.2) is 0 Å². The molecule has 1 unspecified atom stereocenters. The quantitative estimate of drug-likeness (QED) is 0.584. The molecule has 1 saturated heterocycles. The molecule has 0 radical (unpaired) electrons. The first kappa shape index (κ1) is 8.41. The van der Waals surface area contributed by atoms with Crippen LogP contribution in [0.3, 0.4) is 0 Å². The molecule has 1 fully saturated rings. The second-order valence-electron chi connectivity index (χ2n) is 3.30. The number of hydrogen-bond donors (Lipinski definition) is 2. The minimum atomic E-state index is 0.574. The van der Waals surface area contributed by atoms with E-state index in [9.17, 15) is 0 Å². The molecule has 10 heavy (non-hydrogen) atoms. The maximum Gasteiger partial charge on any atom is -0.000848 e. The maximum atomic E-state index is 4.38. The molecule has 1 N–H and O–H groups in total. The Kier molecular flexibility index (Phi) is 3.57. The van der Waals surface area contributed by atoms with Gasteiger partial charge in [-0.05, 0) is 43.5 Å². The van der Waals surface area contributed by atoms with Crippen LogP contribution in [-0.2, 0) is 0 Å². The third-order valence-electron chi connectivity index (χ3n) is 2.07. The van der Waals surface area contributed by atoms with Crippen LogP contribution in [0.4, 0.5) is 0 Å². The molecular weight excluding hydrogens is 142 g/mol. The van der Waals surface area contributed by atoms with Gasteiger partial charge in [0.2, 0.25) is 0 Å². The Morgan fingerprint density at radius 2 is 2.50 bits per heavy atom. The summed E-state index contributed by atoms with van der Waals surface area (Å²) in [6.07, 6.45) is 4.03. The highest BCUT2D eigenvalue weighted by Gasteiger charge is 2.13. The van der Waals surface area contributed by atoms with Crippen LogP contribution in [-0.4, -0.2) is 18.3 Å². The van der Waals surface area contributed by atoms with Gasteiger partial charge in [-0.3, -0.25) is 0 Å². The monoisotopic (exact) mass is 159 g/mol. The molecule has 0 saturated carbocycles. The zero-order chi connectivity index (χ0) is 7.40. The molecule has 0 aromatic carbocycles. The van der Waals surface area contributed by atoms with E-state index in [0.717, 1.165) is 5.92 Å². The predicted octanol–water partition coefficient (Wildman–Crippen LogP) is 1.69. The average molecular weight is 159 g/mol. The summed E-state index contributed by atoms with van der Waals surface area (Å²) in [6.45, 7) is 4.61. The fourth-order valence-electron chi connectivity index (χ4n) is 1.61. The Balaban J connectivity index is 2.13. The first-order chi connectivity index (χ1) is 4.79. The van der Waals surface area contributed by atoms with Gasteiger partial charge in [0.05, 0.1) is 0 Å². The van der Waals surface area contributed by atoms with E-state index in [1.807, 2.05) is 0 Å². The SMILES string of the molecule is CC(S)C[C@H]1CCCNC1. The van der Waals surface area contributed by atoms with Crippen molar-refractivity contribution in [3.05, 3.63) is 0 Å². The van der Waals surface area contributed by atoms with Crippen LogP contribution in [0.2, 0.25) is 0 Å². The molecule has 1 heterocycles. The minimum Gasteiger partial charge on any atom is -0.316 e. The molecule has 1 aliphatic heterocycles. The van der Waals surface area contributed by atoms with Gasteiger partial charge in [-0.2, -0.15) is 12.6 Å². The predicted molar refractivity (Wildman–Crippen MR) is 48.7 cm³/mol. The van der Waals surface area contributed by atoms with Crippen LogP contribution in [0.1, 0.15) is 26.2 Å². The van der Waals surface area contributed by atoms with E-state index in [-0.39, 0.29) is 0 Å². The minimum absolute atomic E-state index is 0.574. The molecule has 1 nitrogen and oxygen atoms in total. The van der Waals surface area contributed by atoms with Crippen molar-refractivity contribution in [1.82, 2.24) is 5.32 Å². The summed E-state index contributed by atoms with van der Waals surface area (Å²) in [5.41, 5.74) is 0. The molecule has 0 aromatic rings. The van der Waals surface area contributed by atoms with Crippen molar-refractivity contribution in [2.75, 3.05) is 13.1 Å². The van der Waals surface area contributed by atoms with E-state index in [0.29, 0.717) is 5.25 Å². The molecule has 2 atom stereocenters. The first-order valence-corrected chi connectivity index (χ1v) is 4.69. The lowest BCUT2D eigenvalue weighted by Crippen LogP contribution is -2.30. The summed E-state index contributed by atoms with van der Waals surface area (Å²) in [6, 6.07) is 0. The summed E-state index contributed by atoms with van der Waals surface area (Å²) < 4.78 is 0. The lowest BCUT2D eigenvalue weighted by atomic mass is 9.95. The van der Waals surface area contributed by atoms with E-state index in [2.05, 4.69) is 24.9 Å². The van der Waals surface area contributed by atoms with Crippen LogP contribution in [0.5, 0.6) is 0 Å². The normalized spacial score (nSPS) is 30.0. The van der Waals surface area contributed by atoms with Gasteiger partial charge in [0, 0.05) is 0 Å². The van der Waals surface area contributed by atoms with Crippen LogP contribution >= 0.6 is 12.6 Å². The lowest BCUT2D eigenvalue weighted by Gasteiger charge is -2.23. The second-order valence-corrected chi connectivity index (χ2v) is 4.18. The number of thiol groups is 1. The molecule has 0 aromatic heterocycles. The topological polar surface area (TPSA) is 12.0 Å². The summed E-state index contributed by atoms with van der Waals surface area (Å²) in [4.78, 5) is 0. The van der Waals surface area contributed by atoms with Gasteiger partial charge < -0.3 is 5.32 Å². The van der Waals surface area contributed by atoms with E-state index in [4.69, 9.17) is 0 Å². The molecule has 1 aliphatic rings. The van der Waals surface area contributed by atoms with Gasteiger partial charge in [-0.1, -0.05) is 6.92 Å². The molecule has 0 amide bonds. The molecule has 0 spiro atoms. The zero-order valence-electron chi connectivity index (χ0n) is 6.64. The molecule has 60 valence electrons. The van der Waals surface area contributed by atoms with E-state index in [1.165, 1.54) is 32.4 Å². The maximum absolute atomic E-state index is 4.38. The van der Waals surface area contributed by atoms with Gasteiger partial charge in [-0.15, -0.1) is 0 Å². The summed E-state index contributed by atoms with van der Waals surface area (Å²) in [7, 11) is 0. The summed E-state index contributed by atoms with van der Waals surface area (Å²) in [5.74, 6) is 0.890. The highest BCUT2D eigenvalue weighted by Crippen LogP contribution is 2.17. The van der Waals surface area contributed by atoms with E-state index < -0.39 is 0 Å². The van der Waals surface area contributed by atoms with Crippen LogP contribution in [0.25, 0.3) is 0 Å². The highest BCUT2D eigenvalue weighted by atomic mass is 32.1. The Bertz CT molecular complexity index is 87.3. The van der Waals surface area contributed by atoms with Gasteiger partial charge >= 0.3 is 0 Å². The Hall–Kier alpha value is 0.310. The van der Waals surface area contributed by atoms with Gasteiger partial charge in [-0.25, -0.2) is 0 Å². The number of nitrogens with one attached hydrogen (secondary N) is 1. The van der Waals surface area contributed by atoms with Crippen LogP contribution in [0, 0.1) is 5.92 Å². The second kappa shape index (κ2) is 4.24. The van der Waals surface area contributed by atoms with Crippen molar-refractivity contribution in [1.29, 1.82) is 0 Å². The smallest absolute Gasteiger partial charge is 0.000848 e. The van der Waals surface area contributed by atoms with Crippen molar-refractivity contribution in [2.24, 2.45) is 5.92 Å². The molecule has 1 rings (SSSR count). The molecule has 0 bridgehead atoms. The van der Waals surface area contributed by atoms with Crippen molar-refractivity contribution >= 4 is 12.6 Å². The van der Waals surface area contributed by atoms with E-state index in [1.54, 1.807) is 0 Å². The first-order valence-electron chi connectivity index (χ1n) is 4.18. The largest absolute Gasteiger partial charge is 0.316 e. The van der Waals surface area contributed by atoms with Gasteiger partial charge in [0.1, 0.15) is 0 Å². The highest BCUT2D eigenvalue weighted by molar-refractivity contribution is 7.80. The fraction of sp³-hybridized carbons (Fsp3) is 1.00. The van der Waals surface area contributed by atoms with Crippen molar-refractivity contribution < 1.29 is 0 Å². The average Bonchev–Trinajstić information content (AvgIpc) is 1.88. The zero-order valence-corrected chi connectivity index (χ0v) is 7.53. The van der Waals surface area contributed by atoms with Gasteiger partial charge in [0.25, 0.3) is 0 Å². The third kappa shape index (κ3) is 2.93. The van der Waals surface area contributed by atoms with Crippen molar-refractivity contribution in [3.63, 3.8) is 0 Å². The Labute approximate surface area is 69.0 Å². The van der Waals surface area contributed by atoms with Crippen LogP contribution < -0.4 is 5.32 Å². The number of piperidine rings is 1. The number of rotatable bonds is 2. The number of hydrogen-bond acceptors (Lipinski definition) is 2. The summed E-state index contributed by atoms with van der Waals surface area (Å²) in [5, 5.41) is 3.98. The van der Waals surface area contributed by atoms with E-state index >= 15 is 0 Å². The molecular formula is C8H17NS. The van der Waals surface area contributed by atoms with Crippen LogP contribution in [0.15, 0.2) is 0 Å². The van der Waals surface area contributed by atoms with Crippen molar-refractivity contribution in [2.45, 2.75) is 31.4 Å². The lowest BCUT2D eigenvalue weighted by molar-refractivity contribution is 0.358. The summed E-state index contributed by atoms with van der Waals surface area (Å²) >= 11 is 4.38. The Morgan fingerprint density at radius 3 is 3.00 bits per heavy atom. The third-order valence-corrected chi connectivity index (χ3v) is 2.28. The molecule has 0 aliphatic carbocycles. The Morgan fingerprint density at radius 1 is 1.70 bits per heavy atom.